The molecule has 110 valence electrons. The molecule has 0 aliphatic carbocycles. The monoisotopic (exact) mass is 316 g/mol. The van der Waals surface area contributed by atoms with Crippen LogP contribution in [0.5, 0.6) is 0 Å². The lowest BCUT2D eigenvalue weighted by Crippen LogP contribution is -2.10. The van der Waals surface area contributed by atoms with E-state index in [1.807, 2.05) is 17.8 Å². The molecule has 1 heterocycles. The van der Waals surface area contributed by atoms with E-state index in [9.17, 15) is 0 Å². The average Bonchev–Trinajstić information content (AvgIpc) is 2.90. The van der Waals surface area contributed by atoms with Crippen molar-refractivity contribution in [1.29, 1.82) is 0 Å². The molecule has 0 aliphatic rings. The first-order valence-electron chi connectivity index (χ1n) is 6.91. The molecule has 0 fully saturated rings. The molecule has 0 saturated carbocycles. The number of aliphatic hydroxyl groups is 1. The Balaban J connectivity index is 1.95. The van der Waals surface area contributed by atoms with Crippen molar-refractivity contribution in [3.8, 4) is 11.8 Å². The van der Waals surface area contributed by atoms with Crippen LogP contribution >= 0.6 is 23.1 Å². The second-order valence-electron chi connectivity index (χ2n) is 5.79. The molecule has 0 amide bonds. The fraction of sp³-hybridized carbons (Fsp3) is 0.333. The van der Waals surface area contributed by atoms with Gasteiger partial charge in [0.05, 0.1) is 4.88 Å². The van der Waals surface area contributed by atoms with Gasteiger partial charge >= 0.3 is 0 Å². The molecule has 1 aromatic carbocycles. The number of hydrogen-bond donors (Lipinski definition) is 1. The van der Waals surface area contributed by atoms with Gasteiger partial charge in [-0.2, -0.15) is 0 Å². The van der Waals surface area contributed by atoms with Gasteiger partial charge in [-0.05, 0) is 35.2 Å². The molecule has 2 aromatic rings. The minimum Gasteiger partial charge on any atom is -0.384 e. The van der Waals surface area contributed by atoms with E-state index in [1.165, 1.54) is 15.3 Å². The summed E-state index contributed by atoms with van der Waals surface area (Å²) in [5.41, 5.74) is 1.57. The van der Waals surface area contributed by atoms with Gasteiger partial charge in [0.15, 0.2) is 0 Å². The summed E-state index contributed by atoms with van der Waals surface area (Å²) >= 11 is 3.54. The minimum absolute atomic E-state index is 0.0812. The largest absolute Gasteiger partial charge is 0.384 e. The van der Waals surface area contributed by atoms with Crippen LogP contribution in [0.1, 0.15) is 36.1 Å². The minimum atomic E-state index is -0.0812. The predicted molar refractivity (Wildman–Crippen MR) is 93.0 cm³/mol. The number of thiophene rings is 1. The Bertz CT molecular complexity index is 636. The van der Waals surface area contributed by atoms with Gasteiger partial charge in [0.2, 0.25) is 0 Å². The molecular weight excluding hydrogens is 296 g/mol. The zero-order valence-corrected chi connectivity index (χ0v) is 14.3. The van der Waals surface area contributed by atoms with Gasteiger partial charge in [-0.1, -0.05) is 44.7 Å². The first-order valence-corrected chi connectivity index (χ1v) is 8.71. The van der Waals surface area contributed by atoms with Crippen LogP contribution in [-0.2, 0) is 11.2 Å². The summed E-state index contributed by atoms with van der Waals surface area (Å²) in [6.45, 7) is 6.61. The molecule has 21 heavy (non-hydrogen) atoms. The second kappa shape index (κ2) is 7.17. The Kier molecular flexibility index (Phi) is 5.52. The molecule has 2 rings (SSSR count). The highest BCUT2D eigenvalue weighted by atomic mass is 32.2. The normalized spacial score (nSPS) is 11.0. The third kappa shape index (κ3) is 4.93. The van der Waals surface area contributed by atoms with Crippen LogP contribution in [0, 0.1) is 11.8 Å². The van der Waals surface area contributed by atoms with Crippen molar-refractivity contribution < 1.29 is 5.11 Å². The smallest absolute Gasteiger partial charge is 0.104 e. The van der Waals surface area contributed by atoms with Crippen LogP contribution in [0.3, 0.4) is 0 Å². The van der Waals surface area contributed by atoms with Crippen molar-refractivity contribution in [3.05, 3.63) is 51.7 Å². The maximum Gasteiger partial charge on any atom is 0.104 e. The summed E-state index contributed by atoms with van der Waals surface area (Å²) in [5.74, 6) is 6.59. The highest BCUT2D eigenvalue weighted by Gasteiger charge is 2.12. The zero-order chi connectivity index (χ0) is 15.3. The maximum absolute atomic E-state index is 8.69. The average molecular weight is 316 g/mol. The molecule has 0 spiro atoms. The SMILES string of the molecule is CC(C)(C)c1ccc(SCc2ccc(C#CCO)s2)cc1. The van der Waals surface area contributed by atoms with Crippen LogP contribution < -0.4 is 0 Å². The summed E-state index contributed by atoms with van der Waals surface area (Å²) in [6.07, 6.45) is 0. The summed E-state index contributed by atoms with van der Waals surface area (Å²) < 4.78 is 0. The summed E-state index contributed by atoms with van der Waals surface area (Å²) in [7, 11) is 0. The molecule has 0 bridgehead atoms. The molecule has 0 atom stereocenters. The van der Waals surface area contributed by atoms with E-state index in [-0.39, 0.29) is 12.0 Å². The highest BCUT2D eigenvalue weighted by molar-refractivity contribution is 7.98. The Morgan fingerprint density at radius 2 is 1.81 bits per heavy atom. The lowest BCUT2D eigenvalue weighted by molar-refractivity contribution is 0.350. The standard InChI is InChI=1S/C18H20OS2/c1-18(2,3)14-6-8-15(9-7-14)20-13-17-11-10-16(21-17)5-4-12-19/h6-11,19H,12-13H2,1-3H3. The number of hydrogen-bond acceptors (Lipinski definition) is 3. The number of benzene rings is 1. The molecular formula is C18H20OS2. The molecule has 1 N–H and O–H groups in total. The van der Waals surface area contributed by atoms with Crippen LogP contribution in [0.4, 0.5) is 0 Å². The molecule has 1 aromatic heterocycles. The quantitative estimate of drug-likeness (QED) is 0.655. The van der Waals surface area contributed by atoms with Crippen LogP contribution in [0.25, 0.3) is 0 Å². The van der Waals surface area contributed by atoms with Crippen molar-refractivity contribution in [1.82, 2.24) is 0 Å². The molecule has 0 saturated heterocycles. The zero-order valence-electron chi connectivity index (χ0n) is 12.6. The third-order valence-corrected chi connectivity index (χ3v) is 5.30. The second-order valence-corrected chi connectivity index (χ2v) is 8.01. The fourth-order valence-electron chi connectivity index (χ4n) is 1.85. The van der Waals surface area contributed by atoms with Crippen molar-refractivity contribution >= 4 is 23.1 Å². The van der Waals surface area contributed by atoms with E-state index in [0.717, 1.165) is 10.6 Å². The Hall–Kier alpha value is -1.21. The lowest BCUT2D eigenvalue weighted by Gasteiger charge is -2.19. The Labute approximate surface area is 135 Å². The number of thioether (sulfide) groups is 1. The lowest BCUT2D eigenvalue weighted by atomic mass is 9.87. The van der Waals surface area contributed by atoms with Crippen molar-refractivity contribution in [3.63, 3.8) is 0 Å². The fourth-order valence-corrected chi connectivity index (χ4v) is 3.68. The van der Waals surface area contributed by atoms with E-state index in [1.54, 1.807) is 11.3 Å². The van der Waals surface area contributed by atoms with E-state index >= 15 is 0 Å². The van der Waals surface area contributed by atoms with Gasteiger partial charge in [0, 0.05) is 15.5 Å². The van der Waals surface area contributed by atoms with E-state index < -0.39 is 0 Å². The van der Waals surface area contributed by atoms with Crippen molar-refractivity contribution in [2.45, 2.75) is 36.8 Å². The van der Waals surface area contributed by atoms with Crippen LogP contribution in [0.15, 0.2) is 41.3 Å². The van der Waals surface area contributed by atoms with Crippen LogP contribution in [0.2, 0.25) is 0 Å². The van der Waals surface area contributed by atoms with Gasteiger partial charge in [-0.15, -0.1) is 23.1 Å². The maximum atomic E-state index is 8.69. The van der Waals surface area contributed by atoms with Gasteiger partial charge < -0.3 is 5.11 Å². The van der Waals surface area contributed by atoms with E-state index in [4.69, 9.17) is 5.11 Å². The van der Waals surface area contributed by atoms with E-state index in [2.05, 4.69) is 62.9 Å². The molecule has 0 aliphatic heterocycles. The van der Waals surface area contributed by atoms with Crippen molar-refractivity contribution in [2.75, 3.05) is 6.61 Å². The molecule has 3 heteroatoms. The van der Waals surface area contributed by atoms with E-state index in [0.29, 0.717) is 0 Å². The number of aliphatic hydroxyl groups excluding tert-OH is 1. The molecule has 1 nitrogen and oxygen atoms in total. The molecule has 0 radical (unpaired) electrons. The van der Waals surface area contributed by atoms with Crippen LogP contribution in [-0.4, -0.2) is 11.7 Å². The predicted octanol–water partition coefficient (Wildman–Crippen LogP) is 4.68. The molecule has 0 unspecified atom stereocenters. The first-order chi connectivity index (χ1) is 9.99. The Morgan fingerprint density at radius 3 is 2.43 bits per heavy atom. The topological polar surface area (TPSA) is 20.2 Å². The Morgan fingerprint density at radius 1 is 1.10 bits per heavy atom. The third-order valence-electron chi connectivity index (χ3n) is 3.05. The van der Waals surface area contributed by atoms with Crippen molar-refractivity contribution in [2.24, 2.45) is 0 Å². The van der Waals surface area contributed by atoms with Gasteiger partial charge in [-0.3, -0.25) is 0 Å². The first kappa shape index (κ1) is 16.2. The van der Waals surface area contributed by atoms with Gasteiger partial charge in [0.1, 0.15) is 6.61 Å². The summed E-state index contributed by atoms with van der Waals surface area (Å²) in [6, 6.07) is 13.0. The summed E-state index contributed by atoms with van der Waals surface area (Å²) in [4.78, 5) is 3.62. The summed E-state index contributed by atoms with van der Waals surface area (Å²) in [5, 5.41) is 8.69. The number of rotatable bonds is 3. The van der Waals surface area contributed by atoms with Gasteiger partial charge in [0.25, 0.3) is 0 Å². The van der Waals surface area contributed by atoms with Gasteiger partial charge in [-0.25, -0.2) is 0 Å². The highest BCUT2D eigenvalue weighted by Crippen LogP contribution is 2.29.